The van der Waals surface area contributed by atoms with Gasteiger partial charge in [0.1, 0.15) is 11.9 Å². The van der Waals surface area contributed by atoms with Crippen LogP contribution >= 0.6 is 0 Å². The molecule has 2 aromatic rings. The molecule has 1 saturated heterocycles. The number of likely N-dealkylation sites (tertiary alicyclic amines) is 1. The molecule has 1 fully saturated rings. The maximum absolute atomic E-state index is 13.0. The van der Waals surface area contributed by atoms with Crippen LogP contribution in [0.3, 0.4) is 0 Å². The number of hydrogen-bond acceptors (Lipinski definition) is 4. The van der Waals surface area contributed by atoms with Crippen molar-refractivity contribution >= 4 is 0 Å². The van der Waals surface area contributed by atoms with E-state index in [4.69, 9.17) is 9.15 Å². The molecule has 3 rings (SSSR count). The fourth-order valence-electron chi connectivity index (χ4n) is 2.85. The van der Waals surface area contributed by atoms with Crippen LogP contribution in [0.5, 0.6) is 5.88 Å². The Labute approximate surface area is 136 Å². The summed E-state index contributed by atoms with van der Waals surface area (Å²) in [6.07, 6.45) is 3.78. The van der Waals surface area contributed by atoms with Crippen LogP contribution in [-0.2, 0) is 0 Å². The van der Waals surface area contributed by atoms with E-state index >= 15 is 0 Å². The van der Waals surface area contributed by atoms with Crippen molar-refractivity contribution < 1.29 is 13.5 Å². The largest absolute Gasteiger partial charge is 0.471 e. The van der Waals surface area contributed by atoms with Crippen molar-refractivity contribution in [3.05, 3.63) is 36.3 Å². The summed E-state index contributed by atoms with van der Waals surface area (Å²) in [5.41, 5.74) is 0.881. The van der Waals surface area contributed by atoms with E-state index in [0.29, 0.717) is 11.8 Å². The van der Waals surface area contributed by atoms with E-state index in [-0.39, 0.29) is 17.5 Å². The number of halogens is 1. The van der Waals surface area contributed by atoms with Crippen molar-refractivity contribution in [2.24, 2.45) is 0 Å². The molecule has 0 bridgehead atoms. The van der Waals surface area contributed by atoms with Gasteiger partial charge in [-0.3, -0.25) is 4.90 Å². The quantitative estimate of drug-likeness (QED) is 0.853. The molecule has 1 unspecified atom stereocenters. The summed E-state index contributed by atoms with van der Waals surface area (Å²) in [6, 6.07) is 6.07. The summed E-state index contributed by atoms with van der Waals surface area (Å²) in [4.78, 5) is 6.79. The Bertz CT molecular complexity index is 646. The van der Waals surface area contributed by atoms with Gasteiger partial charge in [0, 0.05) is 17.6 Å². The van der Waals surface area contributed by atoms with Crippen molar-refractivity contribution in [1.29, 1.82) is 0 Å². The molecule has 5 heteroatoms. The van der Waals surface area contributed by atoms with E-state index in [1.165, 1.54) is 18.4 Å². The Morgan fingerprint density at radius 2 is 2.00 bits per heavy atom. The van der Waals surface area contributed by atoms with E-state index in [0.717, 1.165) is 31.5 Å². The molecular formula is C18H23FN2O2. The summed E-state index contributed by atoms with van der Waals surface area (Å²) in [5, 5.41) is 0. The predicted molar refractivity (Wildman–Crippen MR) is 86.9 cm³/mol. The molecule has 1 aromatic heterocycles. The molecule has 0 aliphatic carbocycles. The van der Waals surface area contributed by atoms with Gasteiger partial charge in [-0.1, -0.05) is 0 Å². The van der Waals surface area contributed by atoms with Crippen LogP contribution in [0, 0.1) is 5.82 Å². The maximum atomic E-state index is 13.0. The first-order chi connectivity index (χ1) is 10.9. The number of ether oxygens (including phenoxy) is 1. The molecule has 4 nitrogen and oxygen atoms in total. The second kappa shape index (κ2) is 6.32. The first-order valence-electron chi connectivity index (χ1n) is 8.05. The number of piperidine rings is 1. The lowest BCUT2D eigenvalue weighted by molar-refractivity contribution is 0.0326. The molecule has 1 aliphatic heterocycles. The summed E-state index contributed by atoms with van der Waals surface area (Å²) in [5.74, 6) is 0.662. The fourth-order valence-corrected chi connectivity index (χ4v) is 2.85. The Hall–Kier alpha value is -1.88. The highest BCUT2D eigenvalue weighted by molar-refractivity contribution is 5.53. The van der Waals surface area contributed by atoms with Crippen LogP contribution in [-0.4, -0.2) is 34.6 Å². The number of benzene rings is 1. The van der Waals surface area contributed by atoms with Gasteiger partial charge in [0.25, 0.3) is 5.88 Å². The van der Waals surface area contributed by atoms with Gasteiger partial charge in [0.2, 0.25) is 5.89 Å². The zero-order chi connectivity index (χ0) is 16.4. The molecule has 23 heavy (non-hydrogen) atoms. The number of rotatable bonds is 3. The van der Waals surface area contributed by atoms with Gasteiger partial charge in [-0.05, 0) is 64.4 Å². The van der Waals surface area contributed by atoms with Crippen LogP contribution in [0.15, 0.2) is 34.9 Å². The first-order valence-corrected chi connectivity index (χ1v) is 8.05. The normalized spacial score (nSPS) is 19.7. The second-order valence-electron chi connectivity index (χ2n) is 7.00. The summed E-state index contributed by atoms with van der Waals surface area (Å²) in [6.45, 7) is 8.65. The van der Waals surface area contributed by atoms with Crippen molar-refractivity contribution in [2.45, 2.75) is 45.3 Å². The van der Waals surface area contributed by atoms with Crippen LogP contribution in [0.2, 0.25) is 0 Å². The predicted octanol–water partition coefficient (Wildman–Crippen LogP) is 4.12. The Morgan fingerprint density at radius 3 is 2.70 bits per heavy atom. The van der Waals surface area contributed by atoms with Gasteiger partial charge in [0.05, 0.1) is 0 Å². The molecule has 0 radical (unpaired) electrons. The minimum Gasteiger partial charge on any atom is -0.471 e. The molecule has 1 aliphatic rings. The Kier molecular flexibility index (Phi) is 4.39. The highest BCUT2D eigenvalue weighted by Crippen LogP contribution is 2.26. The van der Waals surface area contributed by atoms with E-state index < -0.39 is 0 Å². The smallest absolute Gasteiger partial charge is 0.253 e. The monoisotopic (exact) mass is 318 g/mol. The molecule has 1 aromatic carbocycles. The maximum Gasteiger partial charge on any atom is 0.253 e. The third kappa shape index (κ3) is 3.91. The van der Waals surface area contributed by atoms with Gasteiger partial charge < -0.3 is 9.15 Å². The average Bonchev–Trinajstić information content (AvgIpc) is 2.96. The number of hydrogen-bond donors (Lipinski definition) is 0. The molecule has 0 N–H and O–H groups in total. The summed E-state index contributed by atoms with van der Waals surface area (Å²) in [7, 11) is 0. The van der Waals surface area contributed by atoms with Crippen molar-refractivity contribution in [3.8, 4) is 17.3 Å². The Morgan fingerprint density at radius 1 is 1.26 bits per heavy atom. The molecule has 0 amide bonds. The lowest BCUT2D eigenvalue weighted by atomic mass is 9.99. The van der Waals surface area contributed by atoms with E-state index in [1.54, 1.807) is 12.1 Å². The third-order valence-electron chi connectivity index (χ3n) is 4.19. The molecule has 0 saturated carbocycles. The third-order valence-corrected chi connectivity index (χ3v) is 4.19. The summed E-state index contributed by atoms with van der Waals surface area (Å²) >= 11 is 0. The van der Waals surface area contributed by atoms with Crippen LogP contribution < -0.4 is 4.74 Å². The molecule has 2 heterocycles. The highest BCUT2D eigenvalue weighted by Gasteiger charge is 2.29. The lowest BCUT2D eigenvalue weighted by Crippen LogP contribution is -2.50. The minimum atomic E-state index is -0.277. The van der Waals surface area contributed by atoms with Gasteiger partial charge in [-0.25, -0.2) is 4.39 Å². The van der Waals surface area contributed by atoms with E-state index in [1.807, 2.05) is 0 Å². The molecule has 0 spiro atoms. The Balaban J connectivity index is 1.66. The van der Waals surface area contributed by atoms with Crippen LogP contribution in [0.1, 0.15) is 33.6 Å². The zero-order valence-electron chi connectivity index (χ0n) is 13.9. The van der Waals surface area contributed by atoms with Crippen molar-refractivity contribution in [1.82, 2.24) is 9.88 Å². The van der Waals surface area contributed by atoms with E-state index in [9.17, 15) is 4.39 Å². The van der Waals surface area contributed by atoms with Crippen molar-refractivity contribution in [2.75, 3.05) is 13.1 Å². The summed E-state index contributed by atoms with van der Waals surface area (Å²) < 4.78 is 24.4. The van der Waals surface area contributed by atoms with Crippen LogP contribution in [0.25, 0.3) is 11.5 Å². The topological polar surface area (TPSA) is 38.5 Å². The van der Waals surface area contributed by atoms with Gasteiger partial charge in [0.15, 0.2) is 6.26 Å². The number of oxazole rings is 1. The fraction of sp³-hybridized carbons (Fsp3) is 0.500. The number of nitrogens with zero attached hydrogens (tertiary/aromatic N) is 2. The van der Waals surface area contributed by atoms with Crippen LogP contribution in [0.4, 0.5) is 4.39 Å². The highest BCUT2D eigenvalue weighted by atomic mass is 19.1. The van der Waals surface area contributed by atoms with Gasteiger partial charge in [-0.15, -0.1) is 0 Å². The second-order valence-corrected chi connectivity index (χ2v) is 7.00. The number of aromatic nitrogens is 1. The standard InChI is InChI=1S/C18H23FN2O2/c1-18(2,3)21-10-4-5-15(11-21)23-16-12-22-17(20-16)13-6-8-14(19)9-7-13/h6-9,12,15H,4-5,10-11H2,1-3H3. The van der Waals surface area contributed by atoms with Crippen molar-refractivity contribution in [3.63, 3.8) is 0 Å². The first kappa shape index (κ1) is 16.0. The molecule has 124 valence electrons. The zero-order valence-corrected chi connectivity index (χ0v) is 13.9. The molecular weight excluding hydrogens is 295 g/mol. The van der Waals surface area contributed by atoms with Gasteiger partial charge >= 0.3 is 0 Å². The average molecular weight is 318 g/mol. The lowest BCUT2D eigenvalue weighted by Gasteiger charge is -2.41. The SMILES string of the molecule is CC(C)(C)N1CCCC(Oc2coc(-c3ccc(F)cc3)n2)C1. The van der Waals surface area contributed by atoms with Gasteiger partial charge in [-0.2, -0.15) is 4.98 Å². The molecule has 1 atom stereocenters. The van der Waals surface area contributed by atoms with E-state index in [2.05, 4.69) is 30.7 Å². The minimum absolute atomic E-state index is 0.120.